The van der Waals surface area contributed by atoms with Crippen LogP contribution in [0, 0.1) is 0 Å². The molecule has 8 nitrogen and oxygen atoms in total. The first-order valence-electron chi connectivity index (χ1n) is 7.89. The topological polar surface area (TPSA) is 88.0 Å². The molecule has 4 rings (SSSR count). The van der Waals surface area contributed by atoms with Crippen molar-refractivity contribution in [2.45, 2.75) is 0 Å². The Morgan fingerprint density at radius 1 is 1.08 bits per heavy atom. The fraction of sp³-hybridized carbons (Fsp3) is 0.235. The largest absolute Gasteiger partial charge is 0.508 e. The van der Waals surface area contributed by atoms with Crippen LogP contribution in [0.15, 0.2) is 48.7 Å². The molecule has 25 heavy (non-hydrogen) atoms. The molecule has 2 aliphatic rings. The van der Waals surface area contributed by atoms with Gasteiger partial charge in [0, 0.05) is 44.6 Å². The summed E-state index contributed by atoms with van der Waals surface area (Å²) in [5.41, 5.74) is 0. The number of fused-ring (bicyclic) bond motifs is 1. The molecule has 0 bridgehead atoms. The van der Waals surface area contributed by atoms with Crippen LogP contribution >= 0.6 is 0 Å². The fourth-order valence-electron chi connectivity index (χ4n) is 2.75. The quantitative estimate of drug-likeness (QED) is 0.877. The van der Waals surface area contributed by atoms with Crippen molar-refractivity contribution < 1.29 is 19.4 Å². The van der Waals surface area contributed by atoms with Crippen LogP contribution in [-0.4, -0.2) is 52.1 Å². The molecule has 0 unspecified atom stereocenters. The molecule has 1 amide bonds. The molecular weight excluding hydrogens is 324 g/mol. The number of benzene rings is 1. The van der Waals surface area contributed by atoms with E-state index in [0.717, 1.165) is 0 Å². The summed E-state index contributed by atoms with van der Waals surface area (Å²) in [6, 6.07) is 6.25. The van der Waals surface area contributed by atoms with E-state index in [0.29, 0.717) is 43.6 Å². The summed E-state index contributed by atoms with van der Waals surface area (Å²) in [4.78, 5) is 24.8. The monoisotopic (exact) mass is 340 g/mol. The Labute approximate surface area is 143 Å². The predicted molar refractivity (Wildman–Crippen MR) is 88.3 cm³/mol. The highest BCUT2D eigenvalue weighted by atomic mass is 16.6. The highest BCUT2D eigenvalue weighted by Crippen LogP contribution is 2.35. The summed E-state index contributed by atoms with van der Waals surface area (Å²) >= 11 is 0. The van der Waals surface area contributed by atoms with Gasteiger partial charge in [-0.2, -0.15) is 0 Å². The molecule has 1 aromatic heterocycles. The van der Waals surface area contributed by atoms with Gasteiger partial charge in [-0.3, -0.25) is 4.79 Å². The van der Waals surface area contributed by atoms with Gasteiger partial charge in [-0.05, 0) is 18.2 Å². The molecule has 2 aliphatic heterocycles. The maximum absolute atomic E-state index is 12.6. The number of aromatic nitrogens is 2. The lowest BCUT2D eigenvalue weighted by molar-refractivity contribution is -0.130. The Kier molecular flexibility index (Phi) is 3.85. The second-order valence-electron chi connectivity index (χ2n) is 5.66. The van der Waals surface area contributed by atoms with Gasteiger partial charge < -0.3 is 24.4 Å². The molecule has 128 valence electrons. The van der Waals surface area contributed by atoms with Crippen molar-refractivity contribution in [1.82, 2.24) is 14.9 Å². The summed E-state index contributed by atoms with van der Waals surface area (Å²) < 4.78 is 11.0. The van der Waals surface area contributed by atoms with E-state index in [9.17, 15) is 9.90 Å². The predicted octanol–water partition coefficient (Wildman–Crippen LogP) is 1.14. The third kappa shape index (κ3) is 3.06. The van der Waals surface area contributed by atoms with E-state index in [-0.39, 0.29) is 17.4 Å². The first-order valence-corrected chi connectivity index (χ1v) is 7.89. The summed E-state index contributed by atoms with van der Waals surface area (Å²) in [6.07, 6.45) is 4.68. The second kappa shape index (κ2) is 6.31. The molecule has 0 radical (unpaired) electrons. The number of carbonyl (C=O) groups is 1. The van der Waals surface area contributed by atoms with Gasteiger partial charge in [0.15, 0.2) is 11.5 Å². The Bertz CT molecular complexity index is 817. The van der Waals surface area contributed by atoms with E-state index in [1.54, 1.807) is 29.4 Å². The van der Waals surface area contributed by atoms with Gasteiger partial charge in [0.1, 0.15) is 12.0 Å². The number of rotatable bonds is 2. The Hall–Kier alpha value is -3.29. The van der Waals surface area contributed by atoms with Crippen LogP contribution in [0.2, 0.25) is 0 Å². The first kappa shape index (κ1) is 15.3. The van der Waals surface area contributed by atoms with Crippen LogP contribution in [0.4, 0.5) is 5.95 Å². The van der Waals surface area contributed by atoms with Gasteiger partial charge in [0.2, 0.25) is 11.7 Å². The number of carbonyl (C=O) groups excluding carboxylic acids is 1. The molecule has 0 saturated carbocycles. The number of anilines is 1. The van der Waals surface area contributed by atoms with Crippen molar-refractivity contribution in [1.29, 1.82) is 0 Å². The minimum Gasteiger partial charge on any atom is -0.508 e. The SMILES string of the molecule is O=C(C1=COc2cc(O)ccc2O1)N1CCN(c2ncccn2)CC1. The first-order chi connectivity index (χ1) is 12.2. The second-order valence-corrected chi connectivity index (χ2v) is 5.66. The number of phenolic OH excluding ortho intramolecular Hbond substituents is 1. The van der Waals surface area contributed by atoms with Crippen LogP contribution in [-0.2, 0) is 4.79 Å². The smallest absolute Gasteiger partial charge is 0.292 e. The van der Waals surface area contributed by atoms with Crippen molar-refractivity contribution in [3.63, 3.8) is 0 Å². The zero-order valence-corrected chi connectivity index (χ0v) is 13.3. The minimum atomic E-state index is -0.229. The standard InChI is InChI=1S/C17H16N4O4/c22-12-2-3-13-14(10-12)24-11-15(25-13)16(23)20-6-8-21(9-7-20)17-18-4-1-5-19-17/h1-5,10-11,22H,6-9H2. The number of hydrogen-bond donors (Lipinski definition) is 1. The molecule has 0 spiro atoms. The molecule has 8 heteroatoms. The number of ether oxygens (including phenoxy) is 2. The summed E-state index contributed by atoms with van der Waals surface area (Å²) in [5, 5.41) is 9.44. The maximum atomic E-state index is 12.6. The van der Waals surface area contributed by atoms with E-state index in [4.69, 9.17) is 9.47 Å². The number of piperazine rings is 1. The lowest BCUT2D eigenvalue weighted by Crippen LogP contribution is -2.50. The highest BCUT2D eigenvalue weighted by Gasteiger charge is 2.28. The molecule has 1 aromatic carbocycles. The molecule has 1 N–H and O–H groups in total. The van der Waals surface area contributed by atoms with E-state index in [1.807, 2.05) is 4.90 Å². The van der Waals surface area contributed by atoms with Gasteiger partial charge >= 0.3 is 0 Å². The third-order valence-corrected chi connectivity index (χ3v) is 4.05. The van der Waals surface area contributed by atoms with Crippen molar-refractivity contribution in [3.05, 3.63) is 48.7 Å². The molecule has 3 heterocycles. The summed E-state index contributed by atoms with van der Waals surface area (Å²) in [6.45, 7) is 2.38. The number of phenols is 1. The van der Waals surface area contributed by atoms with Gasteiger partial charge in [-0.1, -0.05) is 0 Å². The molecule has 0 aliphatic carbocycles. The van der Waals surface area contributed by atoms with Crippen LogP contribution in [0.25, 0.3) is 0 Å². The Balaban J connectivity index is 1.40. The maximum Gasteiger partial charge on any atom is 0.292 e. The zero-order chi connectivity index (χ0) is 17.2. The summed E-state index contributed by atoms with van der Waals surface area (Å²) in [5.74, 6) is 1.42. The van der Waals surface area contributed by atoms with Gasteiger partial charge in [0.25, 0.3) is 5.91 Å². The molecule has 1 fully saturated rings. The normalized spacial score (nSPS) is 16.4. The Morgan fingerprint density at radius 3 is 2.60 bits per heavy atom. The van der Waals surface area contributed by atoms with E-state index in [2.05, 4.69) is 9.97 Å². The molecular formula is C17H16N4O4. The van der Waals surface area contributed by atoms with Gasteiger partial charge in [0.05, 0.1) is 0 Å². The van der Waals surface area contributed by atoms with E-state index < -0.39 is 0 Å². The summed E-state index contributed by atoms with van der Waals surface area (Å²) in [7, 11) is 0. The third-order valence-electron chi connectivity index (χ3n) is 4.05. The highest BCUT2D eigenvalue weighted by molar-refractivity contribution is 5.92. The van der Waals surface area contributed by atoms with Crippen molar-refractivity contribution in [2.24, 2.45) is 0 Å². The average Bonchev–Trinajstić information content (AvgIpc) is 2.68. The fourth-order valence-corrected chi connectivity index (χ4v) is 2.75. The number of hydrogen-bond acceptors (Lipinski definition) is 7. The average molecular weight is 340 g/mol. The molecule has 0 atom stereocenters. The lowest BCUT2D eigenvalue weighted by atomic mass is 10.2. The number of aromatic hydroxyl groups is 1. The van der Waals surface area contributed by atoms with Crippen LogP contribution in [0.5, 0.6) is 17.2 Å². The number of amides is 1. The van der Waals surface area contributed by atoms with Gasteiger partial charge in [-0.25, -0.2) is 9.97 Å². The Morgan fingerprint density at radius 2 is 1.84 bits per heavy atom. The molecule has 1 saturated heterocycles. The number of nitrogens with zero attached hydrogens (tertiary/aromatic N) is 4. The van der Waals surface area contributed by atoms with Crippen molar-refractivity contribution >= 4 is 11.9 Å². The van der Waals surface area contributed by atoms with Crippen molar-refractivity contribution in [2.75, 3.05) is 31.1 Å². The van der Waals surface area contributed by atoms with Crippen LogP contribution in [0.1, 0.15) is 0 Å². The van der Waals surface area contributed by atoms with E-state index >= 15 is 0 Å². The van der Waals surface area contributed by atoms with Crippen LogP contribution < -0.4 is 14.4 Å². The van der Waals surface area contributed by atoms with Crippen LogP contribution in [0.3, 0.4) is 0 Å². The van der Waals surface area contributed by atoms with Crippen molar-refractivity contribution in [3.8, 4) is 17.2 Å². The zero-order valence-electron chi connectivity index (χ0n) is 13.3. The van der Waals surface area contributed by atoms with E-state index in [1.165, 1.54) is 18.4 Å². The lowest BCUT2D eigenvalue weighted by Gasteiger charge is -2.35. The molecule has 2 aromatic rings. The van der Waals surface area contributed by atoms with Gasteiger partial charge in [-0.15, -0.1) is 0 Å². The minimum absolute atomic E-state index is 0.0739.